The van der Waals surface area contributed by atoms with Crippen LogP contribution in [0.1, 0.15) is 92.4 Å². The van der Waals surface area contributed by atoms with Gasteiger partial charge >= 0.3 is 0 Å². The molecular formula is C28H46O3. The smallest absolute Gasteiger partial charge is 0.0837 e. The highest BCUT2D eigenvalue weighted by atomic mass is 16.3. The summed E-state index contributed by atoms with van der Waals surface area (Å²) in [6.45, 7) is 14.8. The van der Waals surface area contributed by atoms with Gasteiger partial charge in [-0.05, 0) is 93.1 Å². The number of aliphatic hydroxyl groups excluding tert-OH is 2. The van der Waals surface area contributed by atoms with Gasteiger partial charge in [0, 0.05) is 5.92 Å². The van der Waals surface area contributed by atoms with E-state index in [-0.39, 0.29) is 5.92 Å². The van der Waals surface area contributed by atoms with Crippen molar-refractivity contribution in [3.63, 3.8) is 0 Å². The number of aliphatic hydroxyl groups is 3. The van der Waals surface area contributed by atoms with E-state index < -0.39 is 17.8 Å². The highest BCUT2D eigenvalue weighted by molar-refractivity contribution is 5.39. The van der Waals surface area contributed by atoms with E-state index in [0.717, 1.165) is 36.3 Å². The first-order valence-electron chi connectivity index (χ1n) is 12.6. The highest BCUT2D eigenvalue weighted by Gasteiger charge is 2.50. The van der Waals surface area contributed by atoms with Gasteiger partial charge in [0.05, 0.1) is 17.8 Å². The van der Waals surface area contributed by atoms with Crippen molar-refractivity contribution in [3.05, 3.63) is 35.5 Å². The van der Waals surface area contributed by atoms with Crippen molar-refractivity contribution in [2.24, 2.45) is 29.1 Å². The summed E-state index contributed by atoms with van der Waals surface area (Å²) in [5, 5.41) is 30.7. The van der Waals surface area contributed by atoms with Gasteiger partial charge in [0.25, 0.3) is 0 Å². The standard InChI is InChI=1S/C28H46O3/c1-18(9-7-15-27(4,5)31)23-13-14-24-21(10-8-16-28(23,24)6)11-12-22-17-25(29)20(3)26(30)19(22)2/h11-12,18,20,23-26,29-31H,2,7-10,13-17H2,1,3-6H3/b21-11+,22-12-/t18-,20+,23-,24?,25-,26-,28-/m1/s1. The lowest BCUT2D eigenvalue weighted by molar-refractivity contribution is 0.0283. The van der Waals surface area contributed by atoms with Crippen molar-refractivity contribution in [3.8, 4) is 0 Å². The second-order valence-electron chi connectivity index (χ2n) is 11.8. The Labute approximate surface area is 190 Å². The third-order valence-electron chi connectivity index (χ3n) is 8.97. The molecule has 0 aromatic rings. The molecule has 7 atom stereocenters. The molecule has 1 unspecified atom stereocenters. The SMILES string of the molecule is C=C1/C(=C\C=C2/CCC[C@@]3(C)C2CC[C@@H]3[C@H](C)CCCC(C)(C)O)C[C@@H](O)[C@H](C)[C@@H]1O. The highest BCUT2D eigenvalue weighted by Crippen LogP contribution is 2.60. The van der Waals surface area contributed by atoms with Gasteiger partial charge in [-0.2, -0.15) is 0 Å². The minimum atomic E-state index is -0.648. The molecule has 3 saturated carbocycles. The van der Waals surface area contributed by atoms with Crippen molar-refractivity contribution in [2.45, 2.75) is 110 Å². The molecule has 3 N–H and O–H groups in total. The Morgan fingerprint density at radius 2 is 1.94 bits per heavy atom. The number of allylic oxidation sites excluding steroid dienone is 3. The summed E-state index contributed by atoms with van der Waals surface area (Å²) in [5.41, 5.74) is 3.15. The number of hydrogen-bond donors (Lipinski definition) is 3. The van der Waals surface area contributed by atoms with Crippen LogP contribution in [0.25, 0.3) is 0 Å². The zero-order valence-corrected chi connectivity index (χ0v) is 20.5. The Hall–Kier alpha value is -0.900. The van der Waals surface area contributed by atoms with Crippen molar-refractivity contribution in [1.82, 2.24) is 0 Å². The maximum absolute atomic E-state index is 10.4. The summed E-state index contributed by atoms with van der Waals surface area (Å²) >= 11 is 0. The molecule has 0 aliphatic heterocycles. The molecule has 0 heterocycles. The molecule has 3 aliphatic carbocycles. The van der Waals surface area contributed by atoms with E-state index in [1.54, 1.807) is 5.57 Å². The monoisotopic (exact) mass is 430 g/mol. The first kappa shape index (κ1) is 24.7. The summed E-state index contributed by atoms with van der Waals surface area (Å²) in [6.07, 6.45) is 13.4. The van der Waals surface area contributed by atoms with Crippen LogP contribution in [-0.4, -0.2) is 33.1 Å². The Balaban J connectivity index is 1.71. The molecule has 0 amide bonds. The molecule has 3 fully saturated rings. The number of hydrogen-bond acceptors (Lipinski definition) is 3. The lowest BCUT2D eigenvalue weighted by atomic mass is 9.60. The maximum atomic E-state index is 10.4. The molecule has 3 heteroatoms. The first-order valence-corrected chi connectivity index (χ1v) is 12.6. The quantitative estimate of drug-likeness (QED) is 0.488. The number of fused-ring (bicyclic) bond motifs is 1. The summed E-state index contributed by atoms with van der Waals surface area (Å²) in [7, 11) is 0. The van der Waals surface area contributed by atoms with Crippen LogP contribution in [0.15, 0.2) is 35.5 Å². The topological polar surface area (TPSA) is 60.7 Å². The van der Waals surface area contributed by atoms with Crippen LogP contribution < -0.4 is 0 Å². The van der Waals surface area contributed by atoms with Crippen molar-refractivity contribution >= 4 is 0 Å². The largest absolute Gasteiger partial charge is 0.392 e. The Kier molecular flexibility index (Phi) is 7.61. The van der Waals surface area contributed by atoms with Crippen molar-refractivity contribution < 1.29 is 15.3 Å². The van der Waals surface area contributed by atoms with Gasteiger partial charge in [-0.25, -0.2) is 0 Å². The lowest BCUT2D eigenvalue weighted by Crippen LogP contribution is -2.36. The fourth-order valence-electron chi connectivity index (χ4n) is 6.91. The zero-order valence-electron chi connectivity index (χ0n) is 20.5. The maximum Gasteiger partial charge on any atom is 0.0837 e. The molecule has 0 bridgehead atoms. The average Bonchev–Trinajstić information content (AvgIpc) is 3.04. The first-order chi connectivity index (χ1) is 14.4. The second kappa shape index (κ2) is 9.53. The summed E-state index contributed by atoms with van der Waals surface area (Å²) in [6, 6.07) is 0. The predicted octanol–water partition coefficient (Wildman–Crippen LogP) is 5.95. The molecule has 3 aliphatic rings. The molecule has 0 aromatic carbocycles. The third kappa shape index (κ3) is 5.37. The van der Waals surface area contributed by atoms with E-state index in [2.05, 4.69) is 32.6 Å². The molecule has 3 nitrogen and oxygen atoms in total. The van der Waals surface area contributed by atoms with Crippen LogP contribution >= 0.6 is 0 Å². The van der Waals surface area contributed by atoms with Crippen molar-refractivity contribution in [2.75, 3.05) is 0 Å². The van der Waals surface area contributed by atoms with E-state index in [1.807, 2.05) is 20.8 Å². The molecule has 31 heavy (non-hydrogen) atoms. The summed E-state index contributed by atoms with van der Waals surface area (Å²) in [4.78, 5) is 0. The van der Waals surface area contributed by atoms with E-state index in [9.17, 15) is 15.3 Å². The fraction of sp³-hybridized carbons (Fsp3) is 0.786. The second-order valence-corrected chi connectivity index (χ2v) is 11.8. The van der Waals surface area contributed by atoms with Crippen LogP contribution in [0.5, 0.6) is 0 Å². The molecule has 0 saturated heterocycles. The van der Waals surface area contributed by atoms with Crippen LogP contribution in [0.2, 0.25) is 0 Å². The predicted molar refractivity (Wildman–Crippen MR) is 129 cm³/mol. The Morgan fingerprint density at radius 1 is 1.23 bits per heavy atom. The van der Waals surface area contributed by atoms with Gasteiger partial charge in [0.2, 0.25) is 0 Å². The van der Waals surface area contributed by atoms with Gasteiger partial charge in [0.1, 0.15) is 0 Å². The normalized spacial score (nSPS) is 40.4. The van der Waals surface area contributed by atoms with E-state index in [1.165, 1.54) is 32.1 Å². The van der Waals surface area contributed by atoms with Gasteiger partial charge in [-0.3, -0.25) is 0 Å². The van der Waals surface area contributed by atoms with Gasteiger partial charge in [-0.1, -0.05) is 57.9 Å². The fourth-order valence-corrected chi connectivity index (χ4v) is 6.91. The van der Waals surface area contributed by atoms with Crippen LogP contribution in [-0.2, 0) is 0 Å². The van der Waals surface area contributed by atoms with E-state index in [0.29, 0.717) is 23.7 Å². The molecule has 3 rings (SSSR count). The van der Waals surface area contributed by atoms with Gasteiger partial charge < -0.3 is 15.3 Å². The molecule has 0 aromatic heterocycles. The van der Waals surface area contributed by atoms with Gasteiger partial charge in [-0.15, -0.1) is 0 Å². The number of rotatable bonds is 6. The van der Waals surface area contributed by atoms with E-state index in [4.69, 9.17) is 0 Å². The molecule has 0 radical (unpaired) electrons. The Bertz CT molecular complexity index is 712. The lowest BCUT2D eigenvalue weighted by Gasteiger charge is -2.44. The minimum Gasteiger partial charge on any atom is -0.392 e. The summed E-state index contributed by atoms with van der Waals surface area (Å²) < 4.78 is 0. The molecular weight excluding hydrogens is 384 g/mol. The third-order valence-corrected chi connectivity index (χ3v) is 8.97. The van der Waals surface area contributed by atoms with Crippen molar-refractivity contribution in [1.29, 1.82) is 0 Å². The molecule has 0 spiro atoms. The molecule has 176 valence electrons. The van der Waals surface area contributed by atoms with Crippen LogP contribution in [0, 0.1) is 29.1 Å². The minimum absolute atomic E-state index is 0.149. The zero-order chi connectivity index (χ0) is 23.0. The average molecular weight is 431 g/mol. The van der Waals surface area contributed by atoms with Crippen LogP contribution in [0.3, 0.4) is 0 Å². The summed E-state index contributed by atoms with van der Waals surface area (Å²) in [5.74, 6) is 1.94. The van der Waals surface area contributed by atoms with Gasteiger partial charge in [0.15, 0.2) is 0 Å². The van der Waals surface area contributed by atoms with E-state index >= 15 is 0 Å². The van der Waals surface area contributed by atoms with Crippen LogP contribution in [0.4, 0.5) is 0 Å². The Morgan fingerprint density at radius 3 is 2.61 bits per heavy atom.